The Morgan fingerprint density at radius 3 is 1.74 bits per heavy atom. The number of rotatable bonds is 4. The van der Waals surface area contributed by atoms with Crippen molar-refractivity contribution < 1.29 is 0 Å². The molecule has 0 fully saturated rings. The largest absolute Gasteiger partial charge is 0.0839 e. The van der Waals surface area contributed by atoms with Gasteiger partial charge in [0, 0.05) is 5.92 Å². The maximum Gasteiger partial charge on any atom is 0.0541 e. The summed E-state index contributed by atoms with van der Waals surface area (Å²) in [5.41, 5.74) is 27.8. The number of fused-ring (bicyclic) bond motifs is 15. The van der Waals surface area contributed by atoms with Crippen LogP contribution in [-0.2, 0) is 5.41 Å². The molecule has 0 bridgehead atoms. The molecule has 14 rings (SSSR count). The van der Waals surface area contributed by atoms with E-state index in [-0.39, 0.29) is 5.41 Å². The molecule has 0 saturated carbocycles. The fraction of sp³-hybridized carbons (Fsp3) is 0.0769. The van der Waals surface area contributed by atoms with E-state index in [1.54, 1.807) is 0 Å². The maximum atomic E-state index is 2.65. The monoisotopic (exact) mass is 824 g/mol. The minimum atomic E-state index is -0.285. The highest BCUT2D eigenvalue weighted by Gasteiger charge is 2.56. The number of hydrogen-bond acceptors (Lipinski definition) is 0. The lowest BCUT2D eigenvalue weighted by atomic mass is 9.65. The molecule has 10 aromatic rings. The molecule has 304 valence electrons. The van der Waals surface area contributed by atoms with Crippen molar-refractivity contribution in [2.45, 2.75) is 25.7 Å². The third-order valence-corrected chi connectivity index (χ3v) is 15.5. The SMILES string of the molecule is Cc1cccc(C)c1-c1c2c(cc3ccc(-c4c(-c5ccccc5)cccc4-c4ccccc4)cc13)-c1cc3c(c4cccc-2c14)-c1ccccc1C31c2ccccc2C2=CC=CCC21. The van der Waals surface area contributed by atoms with Crippen LogP contribution in [0.5, 0.6) is 0 Å². The first-order chi connectivity index (χ1) is 32.1. The minimum absolute atomic E-state index is 0.285. The zero-order chi connectivity index (χ0) is 43.0. The highest BCUT2D eigenvalue weighted by molar-refractivity contribution is 6.26. The summed E-state index contributed by atoms with van der Waals surface area (Å²) in [6.07, 6.45) is 8.09. The van der Waals surface area contributed by atoms with Crippen LogP contribution in [0.2, 0.25) is 0 Å². The van der Waals surface area contributed by atoms with Gasteiger partial charge in [0.2, 0.25) is 0 Å². The molecule has 4 aliphatic rings. The molecule has 1 spiro atoms. The molecule has 65 heavy (non-hydrogen) atoms. The number of allylic oxidation sites excluding steroid dienone is 4. The van der Waals surface area contributed by atoms with Crippen molar-refractivity contribution in [3.05, 3.63) is 246 Å². The van der Waals surface area contributed by atoms with Gasteiger partial charge in [-0.25, -0.2) is 0 Å². The molecule has 10 aromatic carbocycles. The van der Waals surface area contributed by atoms with Gasteiger partial charge in [-0.15, -0.1) is 0 Å². The Kier molecular flexibility index (Phi) is 7.67. The first kappa shape index (κ1) is 36.7. The molecule has 0 aliphatic heterocycles. The van der Waals surface area contributed by atoms with E-state index in [1.807, 2.05) is 0 Å². The zero-order valence-electron chi connectivity index (χ0n) is 36.5. The van der Waals surface area contributed by atoms with Gasteiger partial charge in [-0.3, -0.25) is 0 Å². The lowest BCUT2D eigenvalue weighted by Gasteiger charge is -2.36. The van der Waals surface area contributed by atoms with Crippen LogP contribution in [0, 0.1) is 19.8 Å². The van der Waals surface area contributed by atoms with Crippen LogP contribution in [0.3, 0.4) is 0 Å². The summed E-state index contributed by atoms with van der Waals surface area (Å²) >= 11 is 0. The predicted molar refractivity (Wildman–Crippen MR) is 274 cm³/mol. The van der Waals surface area contributed by atoms with Crippen molar-refractivity contribution in [1.29, 1.82) is 0 Å². The molecule has 0 aromatic heterocycles. The Balaban J connectivity index is 1.09. The molecule has 0 heteroatoms. The third kappa shape index (κ3) is 4.87. The Hall–Kier alpha value is -7.80. The number of aryl methyl sites for hydroxylation is 2. The Morgan fingerprint density at radius 1 is 0.385 bits per heavy atom. The van der Waals surface area contributed by atoms with Crippen molar-refractivity contribution in [2.24, 2.45) is 5.92 Å². The standard InChI is InChI=1S/C65H44/c1-39-18-15-19-40(2)59(39)64-52-37-44(60-45(41-20-5-3-6-21-41)27-16-28-46(60)42-22-7-4-8-23-42)35-34-43(52)36-53-54-38-58-62(50-29-17-30-51(61(50)54)63(53)64)49-26-11-14-33-57(49)65(58)55-31-12-9-24-47(55)48-25-10-13-32-56(48)65/h3-31,33-38,56H,32H2,1-2H3. The fourth-order valence-electron chi connectivity index (χ4n) is 13.0. The second kappa shape index (κ2) is 13.6. The van der Waals surface area contributed by atoms with Gasteiger partial charge in [0.15, 0.2) is 0 Å². The minimum Gasteiger partial charge on any atom is -0.0839 e. The lowest BCUT2D eigenvalue weighted by molar-refractivity contribution is 0.495. The zero-order valence-corrected chi connectivity index (χ0v) is 36.5. The van der Waals surface area contributed by atoms with E-state index in [9.17, 15) is 0 Å². The highest BCUT2D eigenvalue weighted by Crippen LogP contribution is 2.68. The normalized spacial score (nSPS) is 17.0. The summed E-state index contributed by atoms with van der Waals surface area (Å²) in [7, 11) is 0. The predicted octanol–water partition coefficient (Wildman–Crippen LogP) is 17.2. The molecule has 2 atom stereocenters. The van der Waals surface area contributed by atoms with Gasteiger partial charge in [-0.05, 0) is 177 Å². The first-order valence-corrected chi connectivity index (χ1v) is 23.2. The average Bonchev–Trinajstić information content (AvgIpc) is 3.96. The van der Waals surface area contributed by atoms with Gasteiger partial charge in [0.1, 0.15) is 0 Å². The summed E-state index contributed by atoms with van der Waals surface area (Å²) in [6, 6.07) is 73.7. The molecule has 0 nitrogen and oxygen atoms in total. The molecular formula is C65H44. The molecule has 0 heterocycles. The Bertz CT molecular complexity index is 3670. The van der Waals surface area contributed by atoms with E-state index in [1.165, 1.54) is 138 Å². The number of hydrogen-bond donors (Lipinski definition) is 0. The summed E-state index contributed by atoms with van der Waals surface area (Å²) in [5.74, 6) is 0.320. The molecule has 0 amide bonds. The van der Waals surface area contributed by atoms with E-state index in [0.717, 1.165) is 6.42 Å². The Morgan fingerprint density at radius 2 is 1.00 bits per heavy atom. The first-order valence-electron chi connectivity index (χ1n) is 23.2. The Labute approximate surface area is 380 Å². The van der Waals surface area contributed by atoms with Crippen molar-refractivity contribution in [2.75, 3.05) is 0 Å². The topological polar surface area (TPSA) is 0 Å². The van der Waals surface area contributed by atoms with E-state index in [4.69, 9.17) is 0 Å². The molecule has 4 aliphatic carbocycles. The van der Waals surface area contributed by atoms with Gasteiger partial charge in [-0.2, -0.15) is 0 Å². The summed E-state index contributed by atoms with van der Waals surface area (Å²) in [6.45, 7) is 4.60. The van der Waals surface area contributed by atoms with Gasteiger partial charge in [-0.1, -0.05) is 194 Å². The smallest absolute Gasteiger partial charge is 0.0541 e. The van der Waals surface area contributed by atoms with Crippen LogP contribution in [0.1, 0.15) is 39.8 Å². The van der Waals surface area contributed by atoms with Crippen LogP contribution in [0.25, 0.3) is 105 Å². The average molecular weight is 825 g/mol. The van der Waals surface area contributed by atoms with E-state index < -0.39 is 0 Å². The van der Waals surface area contributed by atoms with Crippen molar-refractivity contribution in [1.82, 2.24) is 0 Å². The fourth-order valence-corrected chi connectivity index (χ4v) is 13.0. The summed E-state index contributed by atoms with van der Waals surface area (Å²) < 4.78 is 0. The summed E-state index contributed by atoms with van der Waals surface area (Å²) in [4.78, 5) is 0. The van der Waals surface area contributed by atoms with E-state index in [2.05, 4.69) is 226 Å². The molecule has 0 saturated heterocycles. The molecule has 2 unspecified atom stereocenters. The van der Waals surface area contributed by atoms with Gasteiger partial charge < -0.3 is 0 Å². The van der Waals surface area contributed by atoms with Crippen LogP contribution in [0.4, 0.5) is 0 Å². The van der Waals surface area contributed by atoms with Crippen molar-refractivity contribution >= 4 is 27.1 Å². The van der Waals surface area contributed by atoms with Crippen LogP contribution >= 0.6 is 0 Å². The summed E-state index contributed by atoms with van der Waals surface area (Å²) in [5, 5.41) is 5.28. The van der Waals surface area contributed by atoms with Gasteiger partial charge >= 0.3 is 0 Å². The second-order valence-electron chi connectivity index (χ2n) is 18.6. The second-order valence-corrected chi connectivity index (χ2v) is 18.6. The van der Waals surface area contributed by atoms with Crippen LogP contribution in [0.15, 0.2) is 212 Å². The lowest BCUT2D eigenvalue weighted by Crippen LogP contribution is -2.32. The molecule has 0 radical (unpaired) electrons. The van der Waals surface area contributed by atoms with Crippen LogP contribution < -0.4 is 0 Å². The molecule has 0 N–H and O–H groups in total. The van der Waals surface area contributed by atoms with Gasteiger partial charge in [0.05, 0.1) is 5.41 Å². The van der Waals surface area contributed by atoms with E-state index >= 15 is 0 Å². The van der Waals surface area contributed by atoms with Gasteiger partial charge in [0.25, 0.3) is 0 Å². The highest BCUT2D eigenvalue weighted by atomic mass is 14.6. The van der Waals surface area contributed by atoms with E-state index in [0.29, 0.717) is 5.92 Å². The number of benzene rings is 10. The third-order valence-electron chi connectivity index (χ3n) is 15.5. The van der Waals surface area contributed by atoms with Crippen LogP contribution in [-0.4, -0.2) is 0 Å². The van der Waals surface area contributed by atoms with Crippen molar-refractivity contribution in [3.8, 4) is 77.9 Å². The molecular weight excluding hydrogens is 781 g/mol. The maximum absolute atomic E-state index is 2.65. The van der Waals surface area contributed by atoms with Crippen molar-refractivity contribution in [3.63, 3.8) is 0 Å². The quantitative estimate of drug-likeness (QED) is 0.166.